The number of furan rings is 1. The molecule has 1 heterocycles. The van der Waals surface area contributed by atoms with Crippen LogP contribution in [0.5, 0.6) is 0 Å². The van der Waals surface area contributed by atoms with Crippen LogP contribution in [0, 0.1) is 0 Å². The van der Waals surface area contributed by atoms with Crippen LogP contribution in [0.3, 0.4) is 0 Å². The largest absolute Gasteiger partial charge is 0.465 e. The summed E-state index contributed by atoms with van der Waals surface area (Å²) in [5.74, 6) is 0.593. The molecule has 1 amide bonds. The predicted octanol–water partition coefficient (Wildman–Crippen LogP) is 1.41. The van der Waals surface area contributed by atoms with Crippen LogP contribution in [0.15, 0.2) is 28.9 Å². The summed E-state index contributed by atoms with van der Waals surface area (Å²) in [6.07, 6.45) is 5.65. The van der Waals surface area contributed by atoms with Crippen molar-refractivity contribution in [1.82, 2.24) is 10.6 Å². The molecule has 4 nitrogen and oxygen atoms in total. The summed E-state index contributed by atoms with van der Waals surface area (Å²) in [7, 11) is 0. The molecule has 0 aliphatic rings. The highest BCUT2D eigenvalue weighted by atomic mass is 16.3. The normalized spacial score (nSPS) is 10.8. The molecule has 0 saturated heterocycles. The Morgan fingerprint density at radius 2 is 2.38 bits per heavy atom. The van der Waals surface area contributed by atoms with Crippen molar-refractivity contribution in [3.63, 3.8) is 0 Å². The SMILES string of the molecule is CCNCCCNC(=O)/C=C/c1ccco1. The van der Waals surface area contributed by atoms with Crippen molar-refractivity contribution in [1.29, 1.82) is 0 Å². The van der Waals surface area contributed by atoms with Crippen molar-refractivity contribution in [2.24, 2.45) is 0 Å². The van der Waals surface area contributed by atoms with E-state index in [9.17, 15) is 4.79 Å². The summed E-state index contributed by atoms with van der Waals surface area (Å²) < 4.78 is 5.06. The second kappa shape index (κ2) is 7.70. The highest BCUT2D eigenvalue weighted by molar-refractivity contribution is 5.91. The van der Waals surface area contributed by atoms with Crippen LogP contribution in [0.2, 0.25) is 0 Å². The standard InChI is InChI=1S/C12H18N2O2/c1-2-13-8-4-9-14-12(15)7-6-11-5-3-10-16-11/h3,5-7,10,13H,2,4,8-9H2,1H3,(H,14,15)/b7-6+. The van der Waals surface area contributed by atoms with Gasteiger partial charge in [-0.05, 0) is 37.7 Å². The van der Waals surface area contributed by atoms with E-state index in [1.165, 1.54) is 6.08 Å². The third-order valence-corrected chi connectivity index (χ3v) is 2.02. The summed E-state index contributed by atoms with van der Waals surface area (Å²) in [5, 5.41) is 5.99. The van der Waals surface area contributed by atoms with E-state index < -0.39 is 0 Å². The first-order valence-corrected chi connectivity index (χ1v) is 5.53. The van der Waals surface area contributed by atoms with Gasteiger partial charge in [0.25, 0.3) is 0 Å². The van der Waals surface area contributed by atoms with Gasteiger partial charge in [-0.15, -0.1) is 0 Å². The smallest absolute Gasteiger partial charge is 0.244 e. The molecule has 0 spiro atoms. The molecule has 1 rings (SSSR count). The highest BCUT2D eigenvalue weighted by Gasteiger charge is 1.95. The number of hydrogen-bond acceptors (Lipinski definition) is 3. The third-order valence-electron chi connectivity index (χ3n) is 2.02. The van der Waals surface area contributed by atoms with Crippen molar-refractivity contribution in [3.8, 4) is 0 Å². The lowest BCUT2D eigenvalue weighted by Gasteiger charge is -2.02. The number of rotatable bonds is 7. The van der Waals surface area contributed by atoms with Gasteiger partial charge in [0.2, 0.25) is 5.91 Å². The van der Waals surface area contributed by atoms with Crippen LogP contribution < -0.4 is 10.6 Å². The first-order chi connectivity index (χ1) is 7.83. The topological polar surface area (TPSA) is 54.3 Å². The molecule has 16 heavy (non-hydrogen) atoms. The van der Waals surface area contributed by atoms with E-state index in [1.807, 2.05) is 0 Å². The lowest BCUT2D eigenvalue weighted by atomic mass is 10.3. The second-order valence-electron chi connectivity index (χ2n) is 3.35. The van der Waals surface area contributed by atoms with Gasteiger partial charge in [-0.2, -0.15) is 0 Å². The molecule has 1 aromatic heterocycles. The third kappa shape index (κ3) is 5.36. The fraction of sp³-hybridized carbons (Fsp3) is 0.417. The fourth-order valence-electron chi connectivity index (χ4n) is 1.20. The van der Waals surface area contributed by atoms with Crippen LogP contribution in [0.25, 0.3) is 6.08 Å². The van der Waals surface area contributed by atoms with Crippen molar-refractivity contribution in [3.05, 3.63) is 30.2 Å². The van der Waals surface area contributed by atoms with E-state index in [4.69, 9.17) is 4.42 Å². The maximum Gasteiger partial charge on any atom is 0.244 e. The lowest BCUT2D eigenvalue weighted by molar-refractivity contribution is -0.116. The molecule has 0 unspecified atom stereocenters. The van der Waals surface area contributed by atoms with E-state index in [-0.39, 0.29) is 5.91 Å². The zero-order valence-electron chi connectivity index (χ0n) is 9.53. The molecule has 0 fully saturated rings. The fourth-order valence-corrected chi connectivity index (χ4v) is 1.20. The predicted molar refractivity (Wildman–Crippen MR) is 63.9 cm³/mol. The molecule has 0 aromatic carbocycles. The van der Waals surface area contributed by atoms with E-state index in [2.05, 4.69) is 17.6 Å². The van der Waals surface area contributed by atoms with Gasteiger partial charge in [0.1, 0.15) is 5.76 Å². The highest BCUT2D eigenvalue weighted by Crippen LogP contribution is 2.01. The van der Waals surface area contributed by atoms with Gasteiger partial charge >= 0.3 is 0 Å². The van der Waals surface area contributed by atoms with Gasteiger partial charge in [-0.1, -0.05) is 6.92 Å². The molecule has 0 saturated carbocycles. The van der Waals surface area contributed by atoms with Crippen LogP contribution >= 0.6 is 0 Å². The van der Waals surface area contributed by atoms with Crippen LogP contribution in [-0.2, 0) is 4.79 Å². The minimum absolute atomic E-state index is 0.0899. The average molecular weight is 222 g/mol. The van der Waals surface area contributed by atoms with Gasteiger partial charge in [-0.3, -0.25) is 4.79 Å². The van der Waals surface area contributed by atoms with Crippen LogP contribution in [0.1, 0.15) is 19.1 Å². The Bertz CT molecular complexity index is 318. The summed E-state index contributed by atoms with van der Waals surface area (Å²) in [6.45, 7) is 4.64. The first kappa shape index (κ1) is 12.5. The van der Waals surface area contributed by atoms with Gasteiger partial charge in [-0.25, -0.2) is 0 Å². The molecule has 0 aliphatic heterocycles. The number of nitrogens with one attached hydrogen (secondary N) is 2. The first-order valence-electron chi connectivity index (χ1n) is 5.53. The Morgan fingerprint density at radius 1 is 1.50 bits per heavy atom. The van der Waals surface area contributed by atoms with E-state index >= 15 is 0 Å². The maximum atomic E-state index is 11.3. The Hall–Kier alpha value is -1.55. The second-order valence-corrected chi connectivity index (χ2v) is 3.35. The average Bonchev–Trinajstić information content (AvgIpc) is 2.79. The molecule has 2 N–H and O–H groups in total. The van der Waals surface area contributed by atoms with Crippen LogP contribution in [0.4, 0.5) is 0 Å². The molecule has 0 radical (unpaired) electrons. The van der Waals surface area contributed by atoms with Crippen LogP contribution in [-0.4, -0.2) is 25.5 Å². The van der Waals surface area contributed by atoms with Crippen molar-refractivity contribution >= 4 is 12.0 Å². The Labute approximate surface area is 95.7 Å². The molecule has 0 aliphatic carbocycles. The van der Waals surface area contributed by atoms with Crippen molar-refractivity contribution in [2.75, 3.05) is 19.6 Å². The minimum atomic E-state index is -0.0899. The summed E-state index contributed by atoms with van der Waals surface area (Å²) in [5.41, 5.74) is 0. The summed E-state index contributed by atoms with van der Waals surface area (Å²) >= 11 is 0. The Balaban J connectivity index is 2.11. The maximum absolute atomic E-state index is 11.3. The number of amides is 1. The lowest BCUT2D eigenvalue weighted by Crippen LogP contribution is -2.25. The minimum Gasteiger partial charge on any atom is -0.465 e. The van der Waals surface area contributed by atoms with Gasteiger partial charge in [0.15, 0.2) is 0 Å². The van der Waals surface area contributed by atoms with E-state index in [0.717, 1.165) is 19.5 Å². The monoisotopic (exact) mass is 222 g/mol. The number of carbonyl (C=O) groups excluding carboxylic acids is 1. The zero-order chi connectivity index (χ0) is 11.6. The molecule has 88 valence electrons. The van der Waals surface area contributed by atoms with Gasteiger partial charge in [0, 0.05) is 12.6 Å². The van der Waals surface area contributed by atoms with E-state index in [0.29, 0.717) is 12.3 Å². The zero-order valence-corrected chi connectivity index (χ0v) is 9.53. The van der Waals surface area contributed by atoms with Gasteiger partial charge in [0.05, 0.1) is 6.26 Å². The molecule has 0 atom stereocenters. The molecular formula is C12H18N2O2. The summed E-state index contributed by atoms with van der Waals surface area (Å²) in [6, 6.07) is 3.59. The number of hydrogen-bond donors (Lipinski definition) is 2. The quantitative estimate of drug-likeness (QED) is 0.541. The van der Waals surface area contributed by atoms with E-state index in [1.54, 1.807) is 24.5 Å². The number of carbonyl (C=O) groups is 1. The molecule has 1 aromatic rings. The van der Waals surface area contributed by atoms with Crippen molar-refractivity contribution in [2.45, 2.75) is 13.3 Å². The molecular weight excluding hydrogens is 204 g/mol. The van der Waals surface area contributed by atoms with Crippen molar-refractivity contribution < 1.29 is 9.21 Å². The Kier molecular flexibility index (Phi) is 6.03. The molecule has 0 bridgehead atoms. The summed E-state index contributed by atoms with van der Waals surface area (Å²) in [4.78, 5) is 11.3. The Morgan fingerprint density at radius 3 is 3.06 bits per heavy atom. The molecule has 4 heteroatoms. The van der Waals surface area contributed by atoms with Gasteiger partial charge < -0.3 is 15.1 Å².